The van der Waals surface area contributed by atoms with Crippen LogP contribution in [0, 0.1) is 5.92 Å². The molecule has 0 radical (unpaired) electrons. The number of nitrogens with zero attached hydrogens (tertiary/aromatic N) is 5. The van der Waals surface area contributed by atoms with Crippen molar-refractivity contribution < 1.29 is 18.0 Å². The summed E-state index contributed by atoms with van der Waals surface area (Å²) in [6.45, 7) is 1.65. The fourth-order valence-corrected chi connectivity index (χ4v) is 3.43. The molecule has 1 aliphatic rings. The molecule has 10 heteroatoms. The molecule has 158 valence electrons. The lowest BCUT2D eigenvalue weighted by molar-refractivity contribution is -0.123. The summed E-state index contributed by atoms with van der Waals surface area (Å²) in [6, 6.07) is 12.8. The first-order chi connectivity index (χ1) is 15.1. The van der Waals surface area contributed by atoms with E-state index in [1.54, 1.807) is 27.6 Å². The molecule has 0 bridgehead atoms. The van der Waals surface area contributed by atoms with Crippen LogP contribution in [0.2, 0.25) is 0 Å². The van der Waals surface area contributed by atoms with E-state index in [2.05, 4.69) is 20.5 Å². The summed E-state index contributed by atoms with van der Waals surface area (Å²) in [4.78, 5) is 19.3. The van der Waals surface area contributed by atoms with Crippen molar-refractivity contribution in [2.24, 2.45) is 5.92 Å². The number of halogens is 2. The van der Waals surface area contributed by atoms with Crippen molar-refractivity contribution in [3.63, 3.8) is 0 Å². The summed E-state index contributed by atoms with van der Waals surface area (Å²) in [5.41, 5.74) is 2.57. The number of para-hydroxylation sites is 1. The number of benzene rings is 1. The highest BCUT2D eigenvalue weighted by atomic mass is 19.3. The second-order valence-corrected chi connectivity index (χ2v) is 7.27. The second-order valence-electron chi connectivity index (χ2n) is 7.27. The van der Waals surface area contributed by atoms with Crippen LogP contribution in [0.5, 0.6) is 0 Å². The minimum Gasteiger partial charge on any atom is -0.415 e. The predicted molar refractivity (Wildman–Crippen MR) is 107 cm³/mol. The van der Waals surface area contributed by atoms with E-state index >= 15 is 0 Å². The molecule has 0 unspecified atom stereocenters. The van der Waals surface area contributed by atoms with Crippen molar-refractivity contribution in [3.8, 4) is 11.5 Å². The summed E-state index contributed by atoms with van der Waals surface area (Å²) in [6.07, 6.45) is 0.743. The average Bonchev–Trinajstić information content (AvgIpc) is 3.37. The Morgan fingerprint density at radius 3 is 2.71 bits per heavy atom. The van der Waals surface area contributed by atoms with E-state index in [-0.39, 0.29) is 17.7 Å². The molecule has 5 rings (SSSR count). The first-order valence-electron chi connectivity index (χ1n) is 9.75. The highest BCUT2D eigenvalue weighted by molar-refractivity contribution is 5.95. The number of anilines is 1. The summed E-state index contributed by atoms with van der Waals surface area (Å²) in [7, 11) is 0. The predicted octanol–water partition coefficient (Wildman–Crippen LogP) is 3.07. The number of pyridine rings is 1. The Morgan fingerprint density at radius 2 is 2.03 bits per heavy atom. The quantitative estimate of drug-likeness (QED) is 0.512. The first kappa shape index (κ1) is 19.3. The Kier molecular flexibility index (Phi) is 4.91. The van der Waals surface area contributed by atoms with Gasteiger partial charge < -0.3 is 19.0 Å². The van der Waals surface area contributed by atoms with Gasteiger partial charge in [0.05, 0.1) is 18.2 Å². The van der Waals surface area contributed by atoms with E-state index in [0.717, 1.165) is 5.69 Å². The van der Waals surface area contributed by atoms with Crippen molar-refractivity contribution >= 4 is 17.2 Å². The number of carbonyl (C=O) groups is 1. The molecule has 31 heavy (non-hydrogen) atoms. The SMILES string of the molecule is O=C(C1CNC1)N(Cc1cn2ccc(-c3nnc(C(F)F)o3)cc2n1)c1ccccc1. The van der Waals surface area contributed by atoms with Gasteiger partial charge in [0.2, 0.25) is 11.8 Å². The lowest BCUT2D eigenvalue weighted by Gasteiger charge is -2.32. The van der Waals surface area contributed by atoms with E-state index < -0.39 is 12.3 Å². The van der Waals surface area contributed by atoms with Crippen LogP contribution in [-0.4, -0.2) is 38.6 Å². The molecule has 1 amide bonds. The Balaban J connectivity index is 1.44. The van der Waals surface area contributed by atoms with Gasteiger partial charge in [0.25, 0.3) is 5.89 Å². The van der Waals surface area contributed by atoms with Gasteiger partial charge in [0.1, 0.15) is 5.65 Å². The van der Waals surface area contributed by atoms with E-state index in [1.807, 2.05) is 36.5 Å². The van der Waals surface area contributed by atoms with Gasteiger partial charge in [0, 0.05) is 36.7 Å². The maximum Gasteiger partial charge on any atom is 0.314 e. The topological polar surface area (TPSA) is 88.6 Å². The van der Waals surface area contributed by atoms with Crippen molar-refractivity contribution in [2.75, 3.05) is 18.0 Å². The van der Waals surface area contributed by atoms with Crippen molar-refractivity contribution in [1.29, 1.82) is 0 Å². The number of nitrogens with one attached hydrogen (secondary N) is 1. The Morgan fingerprint density at radius 1 is 1.23 bits per heavy atom. The second kappa shape index (κ2) is 7.88. The van der Waals surface area contributed by atoms with Crippen LogP contribution in [-0.2, 0) is 11.3 Å². The third-order valence-corrected chi connectivity index (χ3v) is 5.17. The van der Waals surface area contributed by atoms with Crippen molar-refractivity contribution in [1.82, 2.24) is 24.9 Å². The van der Waals surface area contributed by atoms with Crippen LogP contribution < -0.4 is 10.2 Å². The van der Waals surface area contributed by atoms with Gasteiger partial charge in [-0.15, -0.1) is 10.2 Å². The fourth-order valence-electron chi connectivity index (χ4n) is 3.43. The van der Waals surface area contributed by atoms with E-state index in [4.69, 9.17) is 4.42 Å². The molecule has 4 heterocycles. The highest BCUT2D eigenvalue weighted by Gasteiger charge is 2.30. The smallest absolute Gasteiger partial charge is 0.314 e. The van der Waals surface area contributed by atoms with Crippen LogP contribution in [0.3, 0.4) is 0 Å². The Labute approximate surface area is 175 Å². The molecular weight excluding hydrogens is 406 g/mol. The summed E-state index contributed by atoms with van der Waals surface area (Å²) >= 11 is 0. The standard InChI is InChI=1S/C21H18F2N6O2/c22-18(23)20-27-26-19(31-20)13-6-7-28-11-15(25-17(28)8-13)12-29(16-4-2-1-3-5-16)21(30)14-9-24-10-14/h1-8,11,14,18,24H,9-10,12H2. The van der Waals surface area contributed by atoms with Gasteiger partial charge in [-0.25, -0.2) is 4.98 Å². The van der Waals surface area contributed by atoms with E-state index in [0.29, 0.717) is 36.5 Å². The van der Waals surface area contributed by atoms with Crippen molar-refractivity contribution in [3.05, 3.63) is 66.4 Å². The number of rotatable bonds is 6. The number of carbonyl (C=O) groups excluding carboxylic acids is 1. The number of hydrogen-bond acceptors (Lipinski definition) is 6. The van der Waals surface area contributed by atoms with E-state index in [1.165, 1.54) is 0 Å². The third-order valence-electron chi connectivity index (χ3n) is 5.17. The van der Waals surface area contributed by atoms with E-state index in [9.17, 15) is 13.6 Å². The molecule has 0 aliphatic carbocycles. The van der Waals surface area contributed by atoms with Crippen LogP contribution in [0.25, 0.3) is 17.1 Å². The van der Waals surface area contributed by atoms with Gasteiger partial charge in [-0.05, 0) is 24.3 Å². The van der Waals surface area contributed by atoms with Crippen LogP contribution in [0.1, 0.15) is 18.0 Å². The number of alkyl halides is 2. The molecule has 4 aromatic rings. The van der Waals surface area contributed by atoms with Gasteiger partial charge >= 0.3 is 6.43 Å². The average molecular weight is 424 g/mol. The molecule has 1 aromatic carbocycles. The minimum atomic E-state index is -2.82. The molecule has 1 aliphatic heterocycles. The molecule has 8 nitrogen and oxygen atoms in total. The number of hydrogen-bond donors (Lipinski definition) is 1. The number of imidazole rings is 1. The molecule has 1 saturated heterocycles. The lowest BCUT2D eigenvalue weighted by Crippen LogP contribution is -2.52. The van der Waals surface area contributed by atoms with Crippen LogP contribution in [0.15, 0.2) is 59.3 Å². The van der Waals surface area contributed by atoms with Gasteiger partial charge in [-0.1, -0.05) is 18.2 Å². The van der Waals surface area contributed by atoms with Gasteiger partial charge in [-0.2, -0.15) is 8.78 Å². The molecule has 0 spiro atoms. The normalized spacial score (nSPS) is 14.2. The highest BCUT2D eigenvalue weighted by Crippen LogP contribution is 2.25. The largest absolute Gasteiger partial charge is 0.415 e. The van der Waals surface area contributed by atoms with Crippen molar-refractivity contribution in [2.45, 2.75) is 13.0 Å². The minimum absolute atomic E-state index is 0.000855. The lowest BCUT2D eigenvalue weighted by atomic mass is 10.0. The zero-order valence-electron chi connectivity index (χ0n) is 16.3. The van der Waals surface area contributed by atoms with Crippen LogP contribution >= 0.6 is 0 Å². The third kappa shape index (κ3) is 3.77. The molecule has 0 saturated carbocycles. The Bertz CT molecular complexity index is 1220. The maximum atomic E-state index is 13.0. The monoisotopic (exact) mass is 424 g/mol. The maximum absolute atomic E-state index is 13.0. The zero-order chi connectivity index (χ0) is 21.4. The number of fused-ring (bicyclic) bond motifs is 1. The van der Waals surface area contributed by atoms with Crippen LogP contribution in [0.4, 0.5) is 14.5 Å². The summed E-state index contributed by atoms with van der Waals surface area (Å²) in [5, 5.41) is 10.2. The summed E-state index contributed by atoms with van der Waals surface area (Å²) < 4.78 is 32.2. The molecule has 3 aromatic heterocycles. The fraction of sp³-hybridized carbons (Fsp3) is 0.238. The molecule has 1 N–H and O–H groups in total. The number of aromatic nitrogens is 4. The molecule has 0 atom stereocenters. The number of amides is 1. The summed E-state index contributed by atoms with van der Waals surface area (Å²) in [5.74, 6) is -0.721. The molecule has 1 fully saturated rings. The Hall–Kier alpha value is -3.66. The van der Waals surface area contributed by atoms with Gasteiger partial charge in [-0.3, -0.25) is 4.79 Å². The molecular formula is C21H18F2N6O2. The first-order valence-corrected chi connectivity index (χ1v) is 9.75. The van der Waals surface area contributed by atoms with Gasteiger partial charge in [0.15, 0.2) is 0 Å². The zero-order valence-corrected chi connectivity index (χ0v) is 16.3.